The van der Waals surface area contributed by atoms with Gasteiger partial charge < -0.3 is 16.0 Å². The van der Waals surface area contributed by atoms with Gasteiger partial charge in [0, 0.05) is 25.2 Å². The summed E-state index contributed by atoms with van der Waals surface area (Å²) in [5, 5.41) is 3.42. The van der Waals surface area contributed by atoms with E-state index in [4.69, 9.17) is 5.73 Å². The van der Waals surface area contributed by atoms with Crippen molar-refractivity contribution in [3.8, 4) is 0 Å². The SMILES string of the molecule is CC1CCCCN1CCCN=C(N)NC1CCCCCC1. The van der Waals surface area contributed by atoms with Crippen LogP contribution in [0, 0.1) is 0 Å². The summed E-state index contributed by atoms with van der Waals surface area (Å²) in [5.41, 5.74) is 6.03. The zero-order valence-electron chi connectivity index (χ0n) is 13.8. The predicted octanol–water partition coefficient (Wildman–Crippen LogP) is 2.88. The number of likely N-dealkylation sites (tertiary alicyclic amines) is 1. The van der Waals surface area contributed by atoms with Crippen LogP contribution in [0.25, 0.3) is 0 Å². The lowest BCUT2D eigenvalue weighted by Crippen LogP contribution is -2.40. The van der Waals surface area contributed by atoms with Gasteiger partial charge in [-0.05, 0) is 45.6 Å². The van der Waals surface area contributed by atoms with Crippen LogP contribution in [0.15, 0.2) is 4.99 Å². The molecule has 1 saturated carbocycles. The van der Waals surface area contributed by atoms with Crippen LogP contribution < -0.4 is 11.1 Å². The van der Waals surface area contributed by atoms with Crippen molar-refractivity contribution in [3.63, 3.8) is 0 Å². The molecule has 0 amide bonds. The number of piperidine rings is 1. The minimum Gasteiger partial charge on any atom is -0.370 e. The first-order chi connectivity index (χ1) is 10.3. The van der Waals surface area contributed by atoms with Gasteiger partial charge in [-0.2, -0.15) is 0 Å². The van der Waals surface area contributed by atoms with Gasteiger partial charge in [0.15, 0.2) is 5.96 Å². The second-order valence-corrected chi connectivity index (χ2v) is 6.83. The van der Waals surface area contributed by atoms with Crippen molar-refractivity contribution < 1.29 is 0 Å². The van der Waals surface area contributed by atoms with Gasteiger partial charge in [-0.25, -0.2) is 0 Å². The molecule has 2 rings (SSSR count). The molecule has 122 valence electrons. The van der Waals surface area contributed by atoms with Crippen LogP contribution in [0.2, 0.25) is 0 Å². The zero-order valence-corrected chi connectivity index (χ0v) is 13.8. The molecule has 2 aliphatic rings. The lowest BCUT2D eigenvalue weighted by Gasteiger charge is -2.33. The highest BCUT2D eigenvalue weighted by molar-refractivity contribution is 5.78. The Balaban J connectivity index is 1.61. The highest BCUT2D eigenvalue weighted by atomic mass is 15.2. The van der Waals surface area contributed by atoms with E-state index < -0.39 is 0 Å². The third-order valence-corrected chi connectivity index (χ3v) is 5.03. The molecule has 1 aliphatic carbocycles. The molecule has 1 saturated heterocycles. The molecule has 3 N–H and O–H groups in total. The highest BCUT2D eigenvalue weighted by Gasteiger charge is 2.17. The number of nitrogens with two attached hydrogens (primary N) is 1. The molecule has 1 heterocycles. The van der Waals surface area contributed by atoms with Crippen LogP contribution in [0.4, 0.5) is 0 Å². The lowest BCUT2D eigenvalue weighted by molar-refractivity contribution is 0.160. The van der Waals surface area contributed by atoms with Crippen molar-refractivity contribution in [1.82, 2.24) is 10.2 Å². The Morgan fingerprint density at radius 1 is 1.10 bits per heavy atom. The van der Waals surface area contributed by atoms with Crippen molar-refractivity contribution in [3.05, 3.63) is 0 Å². The number of guanidine groups is 1. The molecule has 21 heavy (non-hydrogen) atoms. The fourth-order valence-electron chi connectivity index (χ4n) is 3.64. The molecule has 1 unspecified atom stereocenters. The minimum absolute atomic E-state index is 0.554. The third kappa shape index (κ3) is 6.25. The standard InChI is InChI=1S/C17H34N4/c1-15-9-6-7-13-21(15)14-8-12-19-17(18)20-16-10-4-2-3-5-11-16/h15-16H,2-14H2,1H3,(H3,18,19,20). The maximum atomic E-state index is 6.03. The summed E-state index contributed by atoms with van der Waals surface area (Å²) in [7, 11) is 0. The number of nitrogens with zero attached hydrogens (tertiary/aromatic N) is 2. The predicted molar refractivity (Wildman–Crippen MR) is 90.6 cm³/mol. The molecule has 0 aromatic carbocycles. The molecule has 1 atom stereocenters. The molecule has 1 aliphatic heterocycles. The van der Waals surface area contributed by atoms with Gasteiger partial charge in [0.1, 0.15) is 0 Å². The fraction of sp³-hybridized carbons (Fsp3) is 0.941. The first kappa shape index (κ1) is 16.6. The van der Waals surface area contributed by atoms with Crippen LogP contribution >= 0.6 is 0 Å². The van der Waals surface area contributed by atoms with Crippen LogP contribution in [0.3, 0.4) is 0 Å². The number of hydrogen-bond donors (Lipinski definition) is 2. The average molecular weight is 294 g/mol. The molecular formula is C17H34N4. The summed E-state index contributed by atoms with van der Waals surface area (Å²) in [5.74, 6) is 0.661. The summed E-state index contributed by atoms with van der Waals surface area (Å²) in [6, 6.07) is 1.31. The molecule has 0 aromatic rings. The van der Waals surface area contributed by atoms with E-state index in [0.717, 1.165) is 19.0 Å². The Kier molecular flexibility index (Phi) is 7.34. The topological polar surface area (TPSA) is 53.6 Å². The molecular weight excluding hydrogens is 260 g/mol. The van der Waals surface area contributed by atoms with Crippen molar-refractivity contribution >= 4 is 5.96 Å². The largest absolute Gasteiger partial charge is 0.370 e. The summed E-state index contributed by atoms with van der Waals surface area (Å²) in [4.78, 5) is 7.12. The van der Waals surface area contributed by atoms with Crippen LogP contribution in [0.5, 0.6) is 0 Å². The van der Waals surface area contributed by atoms with Crippen molar-refractivity contribution in [2.45, 2.75) is 83.2 Å². The van der Waals surface area contributed by atoms with E-state index in [1.54, 1.807) is 0 Å². The molecule has 4 heteroatoms. The molecule has 0 spiro atoms. The molecule has 0 bridgehead atoms. The molecule has 0 aromatic heterocycles. The smallest absolute Gasteiger partial charge is 0.188 e. The van der Waals surface area contributed by atoms with E-state index in [2.05, 4.69) is 22.1 Å². The normalized spacial score (nSPS) is 26.5. The lowest BCUT2D eigenvalue weighted by atomic mass is 10.0. The first-order valence-corrected chi connectivity index (χ1v) is 9.06. The summed E-state index contributed by atoms with van der Waals surface area (Å²) in [6.45, 7) is 5.64. The Hall–Kier alpha value is -0.770. The summed E-state index contributed by atoms with van der Waals surface area (Å²) < 4.78 is 0. The van der Waals surface area contributed by atoms with E-state index in [1.807, 2.05) is 0 Å². The molecule has 0 radical (unpaired) electrons. The van der Waals surface area contributed by atoms with Crippen molar-refractivity contribution in [2.75, 3.05) is 19.6 Å². The zero-order chi connectivity index (χ0) is 14.9. The van der Waals surface area contributed by atoms with Gasteiger partial charge in [-0.15, -0.1) is 0 Å². The number of aliphatic imine (C=N–C) groups is 1. The molecule has 2 fully saturated rings. The second-order valence-electron chi connectivity index (χ2n) is 6.83. The number of rotatable bonds is 5. The van der Waals surface area contributed by atoms with Gasteiger partial charge in [-0.3, -0.25) is 4.99 Å². The van der Waals surface area contributed by atoms with Gasteiger partial charge in [0.2, 0.25) is 0 Å². The van der Waals surface area contributed by atoms with Crippen LogP contribution in [-0.4, -0.2) is 42.6 Å². The van der Waals surface area contributed by atoms with Crippen molar-refractivity contribution in [2.24, 2.45) is 10.7 Å². The van der Waals surface area contributed by atoms with E-state index in [9.17, 15) is 0 Å². The molecule has 4 nitrogen and oxygen atoms in total. The van der Waals surface area contributed by atoms with Gasteiger partial charge >= 0.3 is 0 Å². The van der Waals surface area contributed by atoms with Gasteiger partial charge in [0.25, 0.3) is 0 Å². The quantitative estimate of drug-likeness (QED) is 0.355. The van der Waals surface area contributed by atoms with E-state index >= 15 is 0 Å². The van der Waals surface area contributed by atoms with Crippen LogP contribution in [0.1, 0.15) is 71.1 Å². The van der Waals surface area contributed by atoms with Gasteiger partial charge in [-0.1, -0.05) is 32.1 Å². The summed E-state index contributed by atoms with van der Waals surface area (Å²) >= 11 is 0. The maximum Gasteiger partial charge on any atom is 0.188 e. The first-order valence-electron chi connectivity index (χ1n) is 9.06. The Labute approximate surface area is 130 Å². The van der Waals surface area contributed by atoms with E-state index in [0.29, 0.717) is 12.0 Å². The Morgan fingerprint density at radius 2 is 1.81 bits per heavy atom. The highest BCUT2D eigenvalue weighted by Crippen LogP contribution is 2.17. The second kappa shape index (κ2) is 9.29. The van der Waals surface area contributed by atoms with Gasteiger partial charge in [0.05, 0.1) is 0 Å². The van der Waals surface area contributed by atoms with Crippen molar-refractivity contribution in [1.29, 1.82) is 0 Å². The Bertz CT molecular complexity index is 308. The fourth-order valence-corrected chi connectivity index (χ4v) is 3.64. The summed E-state index contributed by atoms with van der Waals surface area (Å²) in [6.07, 6.45) is 13.2. The van der Waals surface area contributed by atoms with E-state index in [1.165, 1.54) is 70.9 Å². The average Bonchev–Trinajstić information content (AvgIpc) is 2.74. The van der Waals surface area contributed by atoms with E-state index in [-0.39, 0.29) is 0 Å². The Morgan fingerprint density at radius 3 is 2.52 bits per heavy atom. The third-order valence-electron chi connectivity index (χ3n) is 5.03. The number of nitrogens with one attached hydrogen (secondary N) is 1. The monoisotopic (exact) mass is 294 g/mol. The minimum atomic E-state index is 0.554. The number of hydrogen-bond acceptors (Lipinski definition) is 2. The maximum absolute atomic E-state index is 6.03. The van der Waals surface area contributed by atoms with Crippen LogP contribution in [-0.2, 0) is 0 Å².